The zero-order chi connectivity index (χ0) is 17.6. The summed E-state index contributed by atoms with van der Waals surface area (Å²) in [6, 6.07) is -0.957. The minimum absolute atomic E-state index is 0.0726. The SMILES string of the molecule is CC(C)(C)OC(=O)NC(CCC(=O)CCl)C(=O)OC(C)(C)C. The second-order valence-electron chi connectivity index (χ2n) is 6.94. The van der Waals surface area contributed by atoms with Gasteiger partial charge < -0.3 is 14.8 Å². The molecule has 0 saturated carbocycles. The maximum Gasteiger partial charge on any atom is 0.408 e. The summed E-state index contributed by atoms with van der Waals surface area (Å²) in [7, 11) is 0. The third kappa shape index (κ3) is 10.4. The van der Waals surface area contributed by atoms with E-state index in [1.54, 1.807) is 41.5 Å². The molecule has 0 heterocycles. The number of hydrogen-bond acceptors (Lipinski definition) is 5. The molecule has 7 heteroatoms. The lowest BCUT2D eigenvalue weighted by Gasteiger charge is -2.26. The Morgan fingerprint density at radius 1 is 1.00 bits per heavy atom. The number of Topliss-reactive ketones (excluding diaryl/α,β-unsaturated/α-hetero) is 1. The van der Waals surface area contributed by atoms with Gasteiger partial charge in [-0.2, -0.15) is 0 Å². The first-order valence-electron chi connectivity index (χ1n) is 7.14. The van der Waals surface area contributed by atoms with Gasteiger partial charge in [-0.05, 0) is 48.0 Å². The standard InChI is InChI=1S/C15H26ClNO5/c1-14(2,3)21-12(19)11(8-7-10(18)9-16)17-13(20)22-15(4,5)6/h11H,7-9H2,1-6H3,(H,17,20). The first-order valence-corrected chi connectivity index (χ1v) is 7.67. The van der Waals surface area contributed by atoms with Gasteiger partial charge in [0.15, 0.2) is 0 Å². The molecule has 128 valence electrons. The number of alkyl carbamates (subject to hydrolysis) is 1. The number of ether oxygens (including phenoxy) is 2. The largest absolute Gasteiger partial charge is 0.458 e. The minimum Gasteiger partial charge on any atom is -0.458 e. The zero-order valence-electron chi connectivity index (χ0n) is 14.1. The molecule has 0 spiro atoms. The lowest BCUT2D eigenvalue weighted by Crippen LogP contribution is -2.46. The highest BCUT2D eigenvalue weighted by Crippen LogP contribution is 2.12. The predicted octanol–water partition coefficient (Wildman–Crippen LogP) is 2.81. The van der Waals surface area contributed by atoms with Crippen LogP contribution in [0.15, 0.2) is 0 Å². The zero-order valence-corrected chi connectivity index (χ0v) is 14.9. The topological polar surface area (TPSA) is 81.7 Å². The number of hydrogen-bond donors (Lipinski definition) is 1. The predicted molar refractivity (Wildman–Crippen MR) is 84.0 cm³/mol. The molecule has 0 aliphatic heterocycles. The Kier molecular flexibility index (Phi) is 7.87. The van der Waals surface area contributed by atoms with Crippen LogP contribution in [0.4, 0.5) is 4.79 Å². The summed E-state index contributed by atoms with van der Waals surface area (Å²) in [5.74, 6) is -0.949. The fraction of sp³-hybridized carbons (Fsp3) is 0.800. The van der Waals surface area contributed by atoms with E-state index in [2.05, 4.69) is 5.32 Å². The highest BCUT2D eigenvalue weighted by molar-refractivity contribution is 6.27. The van der Waals surface area contributed by atoms with E-state index in [-0.39, 0.29) is 24.5 Å². The molecule has 0 aliphatic carbocycles. The molecule has 1 amide bonds. The van der Waals surface area contributed by atoms with Crippen molar-refractivity contribution in [3.8, 4) is 0 Å². The number of ketones is 1. The molecule has 0 aromatic heterocycles. The molecule has 22 heavy (non-hydrogen) atoms. The quantitative estimate of drug-likeness (QED) is 0.596. The summed E-state index contributed by atoms with van der Waals surface area (Å²) in [5.41, 5.74) is -1.38. The van der Waals surface area contributed by atoms with Gasteiger partial charge in [0.25, 0.3) is 0 Å². The maximum absolute atomic E-state index is 12.1. The normalized spacial score (nSPS) is 13.2. The van der Waals surface area contributed by atoms with Gasteiger partial charge in [-0.15, -0.1) is 11.6 Å². The molecule has 0 rings (SSSR count). The average Bonchev–Trinajstić information content (AvgIpc) is 2.29. The van der Waals surface area contributed by atoms with Crippen LogP contribution in [-0.2, 0) is 19.1 Å². The van der Waals surface area contributed by atoms with Gasteiger partial charge in [0, 0.05) is 6.42 Å². The van der Waals surface area contributed by atoms with Gasteiger partial charge in [0.2, 0.25) is 0 Å². The maximum atomic E-state index is 12.1. The first-order chi connectivity index (χ1) is 9.84. The van der Waals surface area contributed by atoms with E-state index in [1.807, 2.05) is 0 Å². The summed E-state index contributed by atoms with van der Waals surface area (Å²) in [4.78, 5) is 35.2. The lowest BCUT2D eigenvalue weighted by molar-refractivity contribution is -0.157. The van der Waals surface area contributed by atoms with E-state index in [0.29, 0.717) is 0 Å². The molecule has 0 bridgehead atoms. The van der Waals surface area contributed by atoms with Crippen molar-refractivity contribution in [2.24, 2.45) is 0 Å². The fourth-order valence-corrected chi connectivity index (χ4v) is 1.58. The molecular formula is C15H26ClNO5. The Balaban J connectivity index is 4.81. The second kappa shape index (κ2) is 8.36. The molecule has 0 fully saturated rings. The number of rotatable bonds is 6. The van der Waals surface area contributed by atoms with Crippen LogP contribution in [-0.4, -0.2) is 41.0 Å². The number of halogens is 1. The van der Waals surface area contributed by atoms with Crippen molar-refractivity contribution in [2.75, 3.05) is 5.88 Å². The van der Waals surface area contributed by atoms with E-state index in [0.717, 1.165) is 0 Å². The lowest BCUT2D eigenvalue weighted by atomic mass is 10.1. The van der Waals surface area contributed by atoms with E-state index in [9.17, 15) is 14.4 Å². The van der Waals surface area contributed by atoms with Crippen LogP contribution >= 0.6 is 11.6 Å². The smallest absolute Gasteiger partial charge is 0.408 e. The van der Waals surface area contributed by atoms with Crippen LogP contribution in [0.25, 0.3) is 0 Å². The first kappa shape index (κ1) is 20.7. The number of alkyl halides is 1. The number of amides is 1. The molecule has 1 atom stereocenters. The Bertz CT molecular complexity index is 409. The highest BCUT2D eigenvalue weighted by Gasteiger charge is 2.28. The van der Waals surface area contributed by atoms with E-state index < -0.39 is 29.3 Å². The van der Waals surface area contributed by atoms with Crippen LogP contribution in [0.1, 0.15) is 54.4 Å². The third-order valence-electron chi connectivity index (χ3n) is 2.24. The van der Waals surface area contributed by atoms with Gasteiger partial charge in [-0.1, -0.05) is 0 Å². The summed E-state index contributed by atoms with van der Waals surface area (Å²) >= 11 is 5.44. The van der Waals surface area contributed by atoms with Crippen LogP contribution in [0, 0.1) is 0 Å². The van der Waals surface area contributed by atoms with E-state index >= 15 is 0 Å². The van der Waals surface area contributed by atoms with Crippen molar-refractivity contribution >= 4 is 29.4 Å². The molecule has 0 saturated heterocycles. The van der Waals surface area contributed by atoms with Crippen molar-refractivity contribution in [1.29, 1.82) is 0 Å². The van der Waals surface area contributed by atoms with Crippen molar-refractivity contribution in [3.63, 3.8) is 0 Å². The fourth-order valence-electron chi connectivity index (χ4n) is 1.44. The van der Waals surface area contributed by atoms with Crippen LogP contribution in [0.2, 0.25) is 0 Å². The summed E-state index contributed by atoms with van der Waals surface area (Å²) < 4.78 is 10.4. The monoisotopic (exact) mass is 335 g/mol. The van der Waals surface area contributed by atoms with Crippen molar-refractivity contribution in [2.45, 2.75) is 71.6 Å². The van der Waals surface area contributed by atoms with Gasteiger partial charge in [0.05, 0.1) is 5.88 Å². The van der Waals surface area contributed by atoms with Gasteiger partial charge in [-0.3, -0.25) is 4.79 Å². The molecule has 0 aromatic carbocycles. The third-order valence-corrected chi connectivity index (χ3v) is 2.54. The molecule has 1 N–H and O–H groups in total. The van der Waals surface area contributed by atoms with E-state index in [1.165, 1.54) is 0 Å². The summed E-state index contributed by atoms with van der Waals surface area (Å²) in [6.45, 7) is 10.3. The molecule has 1 unspecified atom stereocenters. The van der Waals surface area contributed by atoms with E-state index in [4.69, 9.17) is 21.1 Å². The van der Waals surface area contributed by atoms with Crippen molar-refractivity contribution in [1.82, 2.24) is 5.32 Å². The number of carbonyl (C=O) groups excluding carboxylic acids is 3. The molecule has 0 aliphatic rings. The average molecular weight is 336 g/mol. The molecular weight excluding hydrogens is 310 g/mol. The van der Waals surface area contributed by atoms with Crippen molar-refractivity contribution in [3.05, 3.63) is 0 Å². The van der Waals surface area contributed by atoms with Crippen LogP contribution in [0.5, 0.6) is 0 Å². The summed E-state index contributed by atoms with van der Waals surface area (Å²) in [5, 5.41) is 2.44. The molecule has 0 radical (unpaired) electrons. The highest BCUT2D eigenvalue weighted by atomic mass is 35.5. The molecule has 6 nitrogen and oxygen atoms in total. The minimum atomic E-state index is -0.957. The summed E-state index contributed by atoms with van der Waals surface area (Å²) in [6.07, 6.45) is -0.551. The number of nitrogens with one attached hydrogen (secondary N) is 1. The Labute approximate surface area is 136 Å². The van der Waals surface area contributed by atoms with Gasteiger partial charge in [-0.25, -0.2) is 9.59 Å². The van der Waals surface area contributed by atoms with Crippen LogP contribution < -0.4 is 5.32 Å². The number of esters is 1. The van der Waals surface area contributed by atoms with Crippen molar-refractivity contribution < 1.29 is 23.9 Å². The molecule has 0 aromatic rings. The Hall–Kier alpha value is -1.30. The second-order valence-corrected chi connectivity index (χ2v) is 7.21. The number of carbonyl (C=O) groups is 3. The van der Waals surface area contributed by atoms with Gasteiger partial charge >= 0.3 is 12.1 Å². The Morgan fingerprint density at radius 2 is 1.50 bits per heavy atom. The van der Waals surface area contributed by atoms with Gasteiger partial charge in [0.1, 0.15) is 23.0 Å². The Morgan fingerprint density at radius 3 is 1.91 bits per heavy atom. The van der Waals surface area contributed by atoms with Crippen LogP contribution in [0.3, 0.4) is 0 Å².